The Balaban J connectivity index is 0.000000183. The number of fused-ring (bicyclic) bond motifs is 2. The fourth-order valence-electron chi connectivity index (χ4n) is 6.85. The van der Waals surface area contributed by atoms with Crippen molar-refractivity contribution in [2.75, 3.05) is 11.1 Å². The fourth-order valence-corrected chi connectivity index (χ4v) is 6.85. The predicted octanol–water partition coefficient (Wildman–Crippen LogP) is 10.0. The molecule has 15 heteroatoms. The van der Waals surface area contributed by atoms with Gasteiger partial charge in [0.1, 0.15) is 16.9 Å². The van der Waals surface area contributed by atoms with E-state index in [4.69, 9.17) is 25.7 Å². The van der Waals surface area contributed by atoms with E-state index in [1.54, 1.807) is 32.9 Å². The van der Waals surface area contributed by atoms with E-state index in [0.29, 0.717) is 5.69 Å². The Hall–Kier alpha value is -7.63. The Morgan fingerprint density at radius 2 is 0.803 bits per heavy atom. The first kappa shape index (κ1) is 52.7. The standard InChI is InChI=1S/C26H18N4O2.C20H15N3.C6H4FNO2.C4H9O.K/c31-30(32)21-16-14-20(15-17-21)27-22-12-7-13-23-26(22)29-25(19-10-5-2-6-11-19)24(28-23)18-8-3-1-4-9-18;21-16-12-7-13-17-20(16)23-19(15-10-5-2-6-11-15)18(22-17)14-8-3-1-4-9-14;7-5-1-3-6(4-2-5)8(9)10;1-4(2,3)5;/h1-17,27H;1-13H,21H2;1-4H;1-3H3;/q;;;-1;+1. The van der Waals surface area contributed by atoms with E-state index in [-0.39, 0.29) is 62.8 Å². The van der Waals surface area contributed by atoms with Gasteiger partial charge in [-0.2, -0.15) is 0 Å². The monoisotopic (exact) mass is 968 g/mol. The number of aromatic nitrogens is 4. The first-order chi connectivity index (χ1) is 33.7. The minimum atomic E-state index is -0.750. The summed E-state index contributed by atoms with van der Waals surface area (Å²) in [6.07, 6.45) is 0. The van der Waals surface area contributed by atoms with Gasteiger partial charge < -0.3 is 16.2 Å². The quantitative estimate of drug-likeness (QED) is 0.0636. The molecule has 348 valence electrons. The summed E-state index contributed by atoms with van der Waals surface area (Å²) in [7, 11) is 0. The van der Waals surface area contributed by atoms with E-state index in [1.165, 1.54) is 12.1 Å². The fraction of sp³-hybridized carbons (Fsp3) is 0.0714. The van der Waals surface area contributed by atoms with Crippen LogP contribution in [0.25, 0.3) is 67.1 Å². The van der Waals surface area contributed by atoms with Crippen LogP contribution in [0.5, 0.6) is 0 Å². The van der Waals surface area contributed by atoms with Crippen molar-refractivity contribution in [3.63, 3.8) is 0 Å². The van der Waals surface area contributed by atoms with Crippen molar-refractivity contribution in [2.45, 2.75) is 26.4 Å². The van der Waals surface area contributed by atoms with Crippen LogP contribution in [0, 0.1) is 26.0 Å². The third kappa shape index (κ3) is 14.7. The van der Waals surface area contributed by atoms with Gasteiger partial charge in [-0.05, 0) is 48.5 Å². The van der Waals surface area contributed by atoms with Gasteiger partial charge in [0.25, 0.3) is 11.4 Å². The number of nitro benzene ring substituents is 2. The summed E-state index contributed by atoms with van der Waals surface area (Å²) >= 11 is 0. The Labute approximate surface area is 452 Å². The molecule has 10 rings (SSSR count). The molecular weight excluding hydrogens is 923 g/mol. The van der Waals surface area contributed by atoms with Gasteiger partial charge in [0.05, 0.1) is 55.0 Å². The van der Waals surface area contributed by atoms with Gasteiger partial charge in [-0.1, -0.05) is 154 Å². The number of rotatable bonds is 8. The van der Waals surface area contributed by atoms with Crippen molar-refractivity contribution in [3.8, 4) is 45.0 Å². The summed E-state index contributed by atoms with van der Waals surface area (Å²) in [5, 5.41) is 34.4. The maximum atomic E-state index is 12.1. The second-order valence-electron chi connectivity index (χ2n) is 16.5. The van der Waals surface area contributed by atoms with Gasteiger partial charge in [-0.3, -0.25) is 20.2 Å². The third-order valence-electron chi connectivity index (χ3n) is 10.0. The molecule has 0 aliphatic heterocycles. The van der Waals surface area contributed by atoms with Crippen molar-refractivity contribution in [3.05, 3.63) is 232 Å². The molecule has 0 aliphatic carbocycles. The molecule has 0 aliphatic rings. The zero-order valence-electron chi connectivity index (χ0n) is 39.3. The SMILES string of the molecule is CC(C)(C)[O-].Nc1cccc2nc(-c3ccccc3)c(-c3ccccc3)nc12.O=[N+]([O-])c1ccc(F)cc1.O=[N+]([O-])c1ccc(Nc2cccc3nc(-c4ccccc4)c(-c4ccccc4)nc23)cc1.[K+]. The number of nitrogen functional groups attached to an aromatic ring is 1. The van der Waals surface area contributed by atoms with Crippen LogP contribution in [0.3, 0.4) is 0 Å². The molecule has 0 amide bonds. The van der Waals surface area contributed by atoms with Gasteiger partial charge in [0, 0.05) is 52.2 Å². The number of nitrogens with one attached hydrogen (secondary N) is 1. The van der Waals surface area contributed by atoms with Crippen molar-refractivity contribution in [2.24, 2.45) is 0 Å². The Kier molecular flexibility index (Phi) is 18.4. The maximum Gasteiger partial charge on any atom is 1.00 e. The zero-order valence-corrected chi connectivity index (χ0v) is 42.4. The van der Waals surface area contributed by atoms with Crippen LogP contribution >= 0.6 is 0 Å². The molecule has 0 bridgehead atoms. The van der Waals surface area contributed by atoms with E-state index in [9.17, 15) is 29.7 Å². The topological polar surface area (TPSA) is 199 Å². The minimum Gasteiger partial charge on any atom is -0.850 e. The Bertz CT molecular complexity index is 3350. The number of benzene rings is 8. The van der Waals surface area contributed by atoms with Gasteiger partial charge in [0.2, 0.25) is 0 Å². The number of nitro groups is 2. The molecule has 2 aromatic heterocycles. The molecule has 71 heavy (non-hydrogen) atoms. The number of anilines is 3. The smallest absolute Gasteiger partial charge is 0.850 e. The van der Waals surface area contributed by atoms with Crippen LogP contribution in [-0.2, 0) is 0 Å². The van der Waals surface area contributed by atoms with Crippen LogP contribution in [0.15, 0.2) is 206 Å². The number of hydrogen-bond acceptors (Lipinski definition) is 11. The van der Waals surface area contributed by atoms with Crippen molar-refractivity contribution in [1.82, 2.24) is 19.9 Å². The predicted molar refractivity (Wildman–Crippen MR) is 274 cm³/mol. The Morgan fingerprint density at radius 1 is 0.465 bits per heavy atom. The zero-order chi connectivity index (χ0) is 49.6. The molecule has 3 N–H and O–H groups in total. The van der Waals surface area contributed by atoms with E-state index in [1.807, 2.05) is 146 Å². The van der Waals surface area contributed by atoms with Crippen LogP contribution in [0.2, 0.25) is 0 Å². The normalized spacial score (nSPS) is 10.5. The summed E-state index contributed by atoms with van der Waals surface area (Å²) in [6.45, 7) is 4.90. The molecule has 0 unspecified atom stereocenters. The van der Waals surface area contributed by atoms with Crippen LogP contribution < -0.4 is 67.5 Å². The summed E-state index contributed by atoms with van der Waals surface area (Å²) in [6, 6.07) is 62.3. The van der Waals surface area contributed by atoms with Crippen LogP contribution in [0.1, 0.15) is 20.8 Å². The molecule has 8 aromatic carbocycles. The Morgan fingerprint density at radius 3 is 1.20 bits per heavy atom. The summed E-state index contributed by atoms with van der Waals surface area (Å²) in [5.74, 6) is -0.467. The number of para-hydroxylation sites is 2. The number of non-ortho nitro benzene ring substituents is 2. The summed E-state index contributed by atoms with van der Waals surface area (Å²) in [5.41, 5.74) is 17.9. The third-order valence-corrected chi connectivity index (χ3v) is 10.0. The van der Waals surface area contributed by atoms with Gasteiger partial charge in [0.15, 0.2) is 0 Å². The molecule has 0 spiro atoms. The first-order valence-corrected chi connectivity index (χ1v) is 21.9. The minimum absolute atomic E-state index is 0. The van der Waals surface area contributed by atoms with Crippen LogP contribution in [0.4, 0.5) is 32.8 Å². The first-order valence-electron chi connectivity index (χ1n) is 21.9. The van der Waals surface area contributed by atoms with Crippen molar-refractivity contribution in [1.29, 1.82) is 0 Å². The number of nitrogens with two attached hydrogens (primary N) is 1. The van der Waals surface area contributed by atoms with Crippen LogP contribution in [-0.4, -0.2) is 35.4 Å². The second kappa shape index (κ2) is 24.8. The molecule has 10 aromatic rings. The molecular formula is C56H46FKN8O5. The van der Waals surface area contributed by atoms with Crippen molar-refractivity contribution >= 4 is 50.5 Å². The van der Waals surface area contributed by atoms with Gasteiger partial charge >= 0.3 is 51.4 Å². The molecule has 2 heterocycles. The van der Waals surface area contributed by atoms with Gasteiger partial charge in [-0.25, -0.2) is 24.3 Å². The van der Waals surface area contributed by atoms with E-state index in [0.717, 1.165) is 103 Å². The average molecular weight is 969 g/mol. The molecule has 13 nitrogen and oxygen atoms in total. The largest absolute Gasteiger partial charge is 1.00 e. The maximum absolute atomic E-state index is 12.1. The number of hydrogen-bond donors (Lipinski definition) is 2. The molecule has 0 fully saturated rings. The number of nitrogens with zero attached hydrogens (tertiary/aromatic N) is 6. The van der Waals surface area contributed by atoms with Gasteiger partial charge in [-0.15, -0.1) is 5.60 Å². The second-order valence-corrected chi connectivity index (χ2v) is 16.5. The van der Waals surface area contributed by atoms with E-state index >= 15 is 0 Å². The average Bonchev–Trinajstić information content (AvgIpc) is 3.37. The van der Waals surface area contributed by atoms with E-state index < -0.39 is 21.3 Å². The van der Waals surface area contributed by atoms with Crippen molar-refractivity contribution < 1.29 is 70.7 Å². The molecule has 0 saturated carbocycles. The molecule has 0 radical (unpaired) electrons. The van der Waals surface area contributed by atoms with E-state index in [2.05, 4.69) is 17.4 Å². The molecule has 0 atom stereocenters. The summed E-state index contributed by atoms with van der Waals surface area (Å²) < 4.78 is 12.1. The number of halogens is 1. The summed E-state index contributed by atoms with van der Waals surface area (Å²) in [4.78, 5) is 39.6. The molecule has 0 saturated heterocycles.